The Hall–Kier alpha value is -0.520. The minimum Gasteiger partial charge on any atom is -0.377 e. The molecule has 1 heterocycles. The molecule has 0 amide bonds. The molecular weight excluding hydrogens is 198 g/mol. The van der Waals surface area contributed by atoms with Crippen LogP contribution in [0.25, 0.3) is 0 Å². The van der Waals surface area contributed by atoms with Crippen molar-refractivity contribution in [2.45, 2.75) is 57.2 Å². The van der Waals surface area contributed by atoms with Gasteiger partial charge in [0.2, 0.25) is 0 Å². The summed E-state index contributed by atoms with van der Waals surface area (Å²) in [5, 5.41) is 10.6. The van der Waals surface area contributed by atoms with Gasteiger partial charge in [-0.2, -0.15) is 0 Å². The summed E-state index contributed by atoms with van der Waals surface area (Å²) in [6.45, 7) is 4.47. The molecule has 1 saturated heterocycles. The fourth-order valence-corrected chi connectivity index (χ4v) is 3.60. The van der Waals surface area contributed by atoms with Crippen LogP contribution in [-0.2, 0) is 0 Å². The number of nitrogens with zero attached hydrogens (tertiary/aromatic N) is 1. The van der Waals surface area contributed by atoms with Crippen molar-refractivity contribution >= 4 is 0 Å². The first kappa shape index (κ1) is 12.0. The molecule has 0 aromatic heterocycles. The molecule has 1 aliphatic carbocycles. The number of hydrogen-bond acceptors (Lipinski definition) is 2. The van der Waals surface area contributed by atoms with E-state index < -0.39 is 5.60 Å². The summed E-state index contributed by atoms with van der Waals surface area (Å²) >= 11 is 0. The standard InChI is InChI=1S/C14H23NO/c1-5-14(16)9-11(3)15(4)13-8-10(2)6-7-12(13)14/h1,10-13,16H,6-9H2,2-4H3. The highest BCUT2D eigenvalue weighted by Crippen LogP contribution is 2.44. The Balaban J connectivity index is 2.26. The molecule has 0 aromatic carbocycles. The Labute approximate surface area is 99.0 Å². The second kappa shape index (κ2) is 4.05. The summed E-state index contributed by atoms with van der Waals surface area (Å²) < 4.78 is 0. The zero-order valence-electron chi connectivity index (χ0n) is 10.6. The van der Waals surface area contributed by atoms with Crippen molar-refractivity contribution in [2.75, 3.05) is 7.05 Å². The van der Waals surface area contributed by atoms with Crippen LogP contribution in [-0.4, -0.2) is 34.7 Å². The van der Waals surface area contributed by atoms with Crippen LogP contribution < -0.4 is 0 Å². The third kappa shape index (κ3) is 1.77. The van der Waals surface area contributed by atoms with Crippen LogP contribution in [0.3, 0.4) is 0 Å². The highest BCUT2D eigenvalue weighted by molar-refractivity contribution is 5.17. The largest absolute Gasteiger partial charge is 0.377 e. The second-order valence-electron chi connectivity index (χ2n) is 5.88. The SMILES string of the molecule is C#CC1(O)CC(C)N(C)C2CC(C)CCC21. The van der Waals surface area contributed by atoms with Crippen LogP contribution in [0.1, 0.15) is 39.5 Å². The lowest BCUT2D eigenvalue weighted by atomic mass is 9.65. The lowest BCUT2D eigenvalue weighted by Gasteiger charge is -2.53. The first-order valence-corrected chi connectivity index (χ1v) is 6.40. The molecule has 2 nitrogen and oxygen atoms in total. The fourth-order valence-electron chi connectivity index (χ4n) is 3.60. The van der Waals surface area contributed by atoms with Crippen molar-refractivity contribution in [3.8, 4) is 12.3 Å². The highest BCUT2D eigenvalue weighted by atomic mass is 16.3. The molecule has 2 rings (SSSR count). The predicted octanol–water partition coefficient (Wildman–Crippen LogP) is 1.88. The van der Waals surface area contributed by atoms with Gasteiger partial charge in [-0.3, -0.25) is 0 Å². The van der Waals surface area contributed by atoms with Gasteiger partial charge in [-0.1, -0.05) is 19.3 Å². The van der Waals surface area contributed by atoms with Crippen LogP contribution in [0.15, 0.2) is 0 Å². The Bertz CT molecular complexity index is 308. The van der Waals surface area contributed by atoms with Gasteiger partial charge in [0.1, 0.15) is 5.60 Å². The van der Waals surface area contributed by atoms with Crippen LogP contribution in [0.2, 0.25) is 0 Å². The summed E-state index contributed by atoms with van der Waals surface area (Å²) in [5.41, 5.74) is -0.864. The van der Waals surface area contributed by atoms with Crippen molar-refractivity contribution in [1.29, 1.82) is 0 Å². The number of piperidine rings is 1. The van der Waals surface area contributed by atoms with E-state index in [0.717, 1.165) is 18.8 Å². The van der Waals surface area contributed by atoms with E-state index in [2.05, 4.69) is 31.7 Å². The average molecular weight is 221 g/mol. The van der Waals surface area contributed by atoms with Gasteiger partial charge in [0.25, 0.3) is 0 Å². The van der Waals surface area contributed by atoms with Crippen molar-refractivity contribution in [3.05, 3.63) is 0 Å². The third-order valence-corrected chi connectivity index (χ3v) is 4.77. The van der Waals surface area contributed by atoms with Crippen LogP contribution in [0.5, 0.6) is 0 Å². The molecular formula is C14H23NO. The number of hydrogen-bond donors (Lipinski definition) is 1. The van der Waals surface area contributed by atoms with Gasteiger partial charge >= 0.3 is 0 Å². The van der Waals surface area contributed by atoms with Gasteiger partial charge in [0.05, 0.1) is 0 Å². The molecule has 0 spiro atoms. The van der Waals surface area contributed by atoms with E-state index in [1.807, 2.05) is 0 Å². The first-order valence-electron chi connectivity index (χ1n) is 6.40. The molecule has 5 atom stereocenters. The van der Waals surface area contributed by atoms with Gasteiger partial charge < -0.3 is 10.0 Å². The monoisotopic (exact) mass is 221 g/mol. The van der Waals surface area contributed by atoms with Gasteiger partial charge in [-0.05, 0) is 32.7 Å². The zero-order chi connectivity index (χ0) is 11.9. The highest BCUT2D eigenvalue weighted by Gasteiger charge is 2.49. The zero-order valence-corrected chi connectivity index (χ0v) is 10.6. The van der Waals surface area contributed by atoms with E-state index in [0.29, 0.717) is 12.1 Å². The summed E-state index contributed by atoms with van der Waals surface area (Å²) in [6, 6.07) is 0.848. The number of aliphatic hydroxyl groups is 1. The van der Waals surface area contributed by atoms with Crippen LogP contribution >= 0.6 is 0 Å². The molecule has 16 heavy (non-hydrogen) atoms. The van der Waals surface area contributed by atoms with E-state index >= 15 is 0 Å². The molecule has 90 valence electrons. The summed E-state index contributed by atoms with van der Waals surface area (Å²) in [6.07, 6.45) is 9.74. The lowest BCUT2D eigenvalue weighted by molar-refractivity contribution is -0.0979. The Kier molecular flexibility index (Phi) is 3.03. The predicted molar refractivity (Wildman–Crippen MR) is 65.9 cm³/mol. The first-order chi connectivity index (χ1) is 7.48. The topological polar surface area (TPSA) is 23.5 Å². The molecule has 2 heteroatoms. The average Bonchev–Trinajstić information content (AvgIpc) is 2.26. The lowest BCUT2D eigenvalue weighted by Crippen LogP contribution is -2.61. The molecule has 2 aliphatic rings. The number of rotatable bonds is 0. The number of likely N-dealkylation sites (tertiary alicyclic amines) is 1. The molecule has 0 aromatic rings. The summed E-state index contributed by atoms with van der Waals surface area (Å²) in [7, 11) is 2.18. The Morgan fingerprint density at radius 1 is 1.38 bits per heavy atom. The molecule has 1 N–H and O–H groups in total. The number of fused-ring (bicyclic) bond motifs is 1. The van der Waals surface area contributed by atoms with E-state index in [-0.39, 0.29) is 5.92 Å². The summed E-state index contributed by atoms with van der Waals surface area (Å²) in [4.78, 5) is 2.42. The molecule has 1 aliphatic heterocycles. The number of terminal acetylenes is 1. The molecule has 0 bridgehead atoms. The quantitative estimate of drug-likeness (QED) is 0.631. The Morgan fingerprint density at radius 3 is 2.69 bits per heavy atom. The van der Waals surface area contributed by atoms with Crippen molar-refractivity contribution in [1.82, 2.24) is 4.90 Å². The minimum absolute atomic E-state index is 0.273. The maximum Gasteiger partial charge on any atom is 0.131 e. The van der Waals surface area contributed by atoms with Crippen LogP contribution in [0, 0.1) is 24.2 Å². The molecule has 1 saturated carbocycles. The van der Waals surface area contributed by atoms with Gasteiger partial charge in [0.15, 0.2) is 0 Å². The van der Waals surface area contributed by atoms with E-state index in [4.69, 9.17) is 6.42 Å². The minimum atomic E-state index is -0.864. The van der Waals surface area contributed by atoms with Crippen molar-refractivity contribution < 1.29 is 5.11 Å². The van der Waals surface area contributed by atoms with Crippen molar-refractivity contribution in [2.24, 2.45) is 11.8 Å². The maximum atomic E-state index is 10.6. The van der Waals surface area contributed by atoms with Gasteiger partial charge in [-0.15, -0.1) is 6.42 Å². The summed E-state index contributed by atoms with van der Waals surface area (Å²) in [5.74, 6) is 3.71. The normalized spacial score (nSPS) is 49.4. The van der Waals surface area contributed by atoms with E-state index in [1.165, 1.54) is 12.8 Å². The second-order valence-corrected chi connectivity index (χ2v) is 5.88. The fraction of sp³-hybridized carbons (Fsp3) is 0.857. The van der Waals surface area contributed by atoms with Crippen LogP contribution in [0.4, 0.5) is 0 Å². The van der Waals surface area contributed by atoms with Gasteiger partial charge in [0, 0.05) is 24.4 Å². The molecule has 0 radical (unpaired) electrons. The molecule has 2 fully saturated rings. The third-order valence-electron chi connectivity index (χ3n) is 4.77. The van der Waals surface area contributed by atoms with Gasteiger partial charge in [-0.25, -0.2) is 0 Å². The smallest absolute Gasteiger partial charge is 0.131 e. The Morgan fingerprint density at radius 2 is 2.06 bits per heavy atom. The van der Waals surface area contributed by atoms with E-state index in [9.17, 15) is 5.11 Å². The molecule has 5 unspecified atom stereocenters. The van der Waals surface area contributed by atoms with Crippen molar-refractivity contribution in [3.63, 3.8) is 0 Å². The maximum absolute atomic E-state index is 10.6. The van der Waals surface area contributed by atoms with E-state index in [1.54, 1.807) is 0 Å².